The molecule has 2 N–H and O–H groups in total. The van der Waals surface area contributed by atoms with Crippen LogP contribution in [0.15, 0.2) is 36.8 Å². The fourth-order valence-corrected chi connectivity index (χ4v) is 3.74. The number of aryl methyl sites for hydroxylation is 4. The molecule has 1 aromatic carbocycles. The summed E-state index contributed by atoms with van der Waals surface area (Å²) in [5.41, 5.74) is 3.88. The number of rotatable bonds is 8. The van der Waals surface area contributed by atoms with Crippen molar-refractivity contribution in [1.29, 1.82) is 0 Å². The lowest BCUT2D eigenvalue weighted by Gasteiger charge is -2.10. The standard InChI is InChI=1S/C24H27ClN8O3/c1-6-33-22(24(35)28-19-11-26-31(5)16(19)4)20(12-27-33)29-23(34)18-7-8-32(30-18)13-36-17-9-14(2)21(25)15(3)10-17/h7-12H,6,13H2,1-5H3,(H,28,35)(H,29,34). The highest BCUT2D eigenvalue weighted by Crippen LogP contribution is 2.26. The highest BCUT2D eigenvalue weighted by Gasteiger charge is 2.22. The molecule has 0 spiro atoms. The fourth-order valence-electron chi connectivity index (χ4n) is 3.63. The number of nitrogens with one attached hydrogen (secondary N) is 2. The van der Waals surface area contributed by atoms with E-state index >= 15 is 0 Å². The number of anilines is 2. The Bertz CT molecular complexity index is 1410. The Kier molecular flexibility index (Phi) is 7.11. The van der Waals surface area contributed by atoms with Crippen molar-refractivity contribution < 1.29 is 14.3 Å². The number of benzene rings is 1. The van der Waals surface area contributed by atoms with Crippen molar-refractivity contribution in [3.05, 3.63) is 70.0 Å². The van der Waals surface area contributed by atoms with Crippen LogP contribution in [0.3, 0.4) is 0 Å². The van der Waals surface area contributed by atoms with E-state index in [1.54, 1.807) is 30.2 Å². The molecular weight excluding hydrogens is 484 g/mol. The molecule has 0 saturated heterocycles. The monoisotopic (exact) mass is 510 g/mol. The topological polar surface area (TPSA) is 121 Å². The molecule has 4 aromatic rings. The average Bonchev–Trinajstić information content (AvgIpc) is 3.56. The van der Waals surface area contributed by atoms with Crippen LogP contribution in [0.25, 0.3) is 0 Å². The van der Waals surface area contributed by atoms with Gasteiger partial charge in [-0.2, -0.15) is 15.3 Å². The minimum absolute atomic E-state index is 0.111. The first kappa shape index (κ1) is 25.0. The molecule has 36 heavy (non-hydrogen) atoms. The van der Waals surface area contributed by atoms with E-state index in [4.69, 9.17) is 16.3 Å². The molecule has 188 valence electrons. The van der Waals surface area contributed by atoms with Gasteiger partial charge in [-0.15, -0.1) is 0 Å². The molecule has 0 atom stereocenters. The molecule has 0 aliphatic heterocycles. The van der Waals surface area contributed by atoms with Gasteiger partial charge in [0.15, 0.2) is 12.4 Å². The van der Waals surface area contributed by atoms with Crippen LogP contribution in [0.2, 0.25) is 5.02 Å². The summed E-state index contributed by atoms with van der Waals surface area (Å²) in [6.07, 6.45) is 4.65. The maximum absolute atomic E-state index is 13.0. The minimum Gasteiger partial charge on any atom is -0.471 e. The van der Waals surface area contributed by atoms with Crippen molar-refractivity contribution in [2.24, 2.45) is 7.05 Å². The second-order valence-corrected chi connectivity index (χ2v) is 8.66. The predicted octanol–water partition coefficient (Wildman–Crippen LogP) is 3.95. The molecule has 0 unspecified atom stereocenters. The molecule has 0 radical (unpaired) electrons. The number of ether oxygens (including phenoxy) is 1. The van der Waals surface area contributed by atoms with E-state index in [0.29, 0.717) is 23.0 Å². The maximum Gasteiger partial charge on any atom is 0.276 e. The van der Waals surface area contributed by atoms with Crippen LogP contribution in [-0.2, 0) is 20.3 Å². The van der Waals surface area contributed by atoms with Crippen LogP contribution >= 0.6 is 11.6 Å². The zero-order valence-corrected chi connectivity index (χ0v) is 21.4. The molecule has 11 nitrogen and oxygen atoms in total. The first-order chi connectivity index (χ1) is 17.2. The van der Waals surface area contributed by atoms with Gasteiger partial charge in [-0.3, -0.25) is 19.0 Å². The third-order valence-electron chi connectivity index (χ3n) is 5.73. The fraction of sp³-hybridized carbons (Fsp3) is 0.292. The molecule has 0 saturated carbocycles. The van der Waals surface area contributed by atoms with E-state index in [0.717, 1.165) is 16.8 Å². The van der Waals surface area contributed by atoms with Crippen LogP contribution in [-0.4, -0.2) is 41.2 Å². The van der Waals surface area contributed by atoms with Gasteiger partial charge in [-0.1, -0.05) is 11.6 Å². The Hall–Kier alpha value is -4.12. The maximum atomic E-state index is 13.0. The van der Waals surface area contributed by atoms with E-state index in [1.165, 1.54) is 15.6 Å². The third kappa shape index (κ3) is 5.10. The third-order valence-corrected chi connectivity index (χ3v) is 6.33. The Labute approximate surface area is 213 Å². The smallest absolute Gasteiger partial charge is 0.276 e. The van der Waals surface area contributed by atoms with Crippen LogP contribution in [0.4, 0.5) is 11.4 Å². The van der Waals surface area contributed by atoms with Crippen LogP contribution < -0.4 is 15.4 Å². The Morgan fingerprint density at radius 3 is 2.33 bits per heavy atom. The number of aromatic nitrogens is 6. The number of carbonyl (C=O) groups excluding carboxylic acids is 2. The summed E-state index contributed by atoms with van der Waals surface area (Å²) in [5, 5.41) is 18.9. The van der Waals surface area contributed by atoms with Gasteiger partial charge in [0.25, 0.3) is 11.8 Å². The number of halogens is 1. The highest BCUT2D eigenvalue weighted by molar-refractivity contribution is 6.32. The normalized spacial score (nSPS) is 10.9. The molecule has 0 aliphatic carbocycles. The van der Waals surface area contributed by atoms with Gasteiger partial charge < -0.3 is 15.4 Å². The summed E-state index contributed by atoms with van der Waals surface area (Å²) in [4.78, 5) is 25.9. The first-order valence-electron chi connectivity index (χ1n) is 11.3. The number of hydrogen-bond donors (Lipinski definition) is 2. The zero-order chi connectivity index (χ0) is 26.0. The molecule has 2 amide bonds. The van der Waals surface area contributed by atoms with Crippen LogP contribution in [0, 0.1) is 20.8 Å². The second kappa shape index (κ2) is 10.2. The van der Waals surface area contributed by atoms with Gasteiger partial charge in [0, 0.05) is 24.8 Å². The molecule has 0 aliphatic rings. The van der Waals surface area contributed by atoms with Crippen molar-refractivity contribution in [2.45, 2.75) is 41.0 Å². The summed E-state index contributed by atoms with van der Waals surface area (Å²) in [5.74, 6) is -0.232. The summed E-state index contributed by atoms with van der Waals surface area (Å²) in [6.45, 7) is 8.07. The van der Waals surface area contributed by atoms with Crippen LogP contribution in [0.5, 0.6) is 5.75 Å². The second-order valence-electron chi connectivity index (χ2n) is 8.28. The van der Waals surface area contributed by atoms with Gasteiger partial charge >= 0.3 is 0 Å². The molecule has 3 aromatic heterocycles. The summed E-state index contributed by atoms with van der Waals surface area (Å²) in [6, 6.07) is 5.26. The van der Waals surface area contributed by atoms with Gasteiger partial charge in [0.05, 0.1) is 29.5 Å². The van der Waals surface area contributed by atoms with Gasteiger partial charge in [-0.05, 0) is 57.0 Å². The Balaban J connectivity index is 1.45. The first-order valence-corrected chi connectivity index (χ1v) is 11.7. The minimum atomic E-state index is -0.478. The number of carbonyl (C=O) groups is 2. The van der Waals surface area contributed by atoms with Crippen molar-refractivity contribution in [3.63, 3.8) is 0 Å². The Morgan fingerprint density at radius 1 is 1.03 bits per heavy atom. The van der Waals surface area contributed by atoms with E-state index < -0.39 is 11.8 Å². The zero-order valence-electron chi connectivity index (χ0n) is 20.7. The quantitative estimate of drug-likeness (QED) is 0.370. The van der Waals surface area contributed by atoms with Crippen molar-refractivity contribution in [1.82, 2.24) is 29.3 Å². The molecule has 3 heterocycles. The van der Waals surface area contributed by atoms with E-state index in [1.807, 2.05) is 39.8 Å². The lowest BCUT2D eigenvalue weighted by atomic mass is 10.1. The molecular formula is C24H27ClN8O3. The van der Waals surface area contributed by atoms with E-state index in [9.17, 15) is 9.59 Å². The van der Waals surface area contributed by atoms with Crippen LogP contribution in [0.1, 0.15) is 44.7 Å². The molecule has 0 bridgehead atoms. The number of hydrogen-bond acceptors (Lipinski definition) is 6. The largest absolute Gasteiger partial charge is 0.471 e. The van der Waals surface area contributed by atoms with E-state index in [-0.39, 0.29) is 23.8 Å². The van der Waals surface area contributed by atoms with Gasteiger partial charge in [-0.25, -0.2) is 4.68 Å². The highest BCUT2D eigenvalue weighted by atomic mass is 35.5. The summed E-state index contributed by atoms with van der Waals surface area (Å²) in [7, 11) is 1.79. The van der Waals surface area contributed by atoms with Crippen molar-refractivity contribution >= 4 is 34.8 Å². The lowest BCUT2D eigenvalue weighted by Crippen LogP contribution is -2.21. The lowest BCUT2D eigenvalue weighted by molar-refractivity contribution is 0.101. The average molecular weight is 511 g/mol. The van der Waals surface area contributed by atoms with Gasteiger partial charge in [0.2, 0.25) is 0 Å². The number of amides is 2. The van der Waals surface area contributed by atoms with E-state index in [2.05, 4.69) is 25.9 Å². The predicted molar refractivity (Wildman–Crippen MR) is 136 cm³/mol. The number of nitrogens with zero attached hydrogens (tertiary/aromatic N) is 6. The molecule has 0 fully saturated rings. The van der Waals surface area contributed by atoms with Gasteiger partial charge in [0.1, 0.15) is 11.4 Å². The Morgan fingerprint density at radius 2 is 1.69 bits per heavy atom. The van der Waals surface area contributed by atoms with Crippen molar-refractivity contribution in [2.75, 3.05) is 10.6 Å². The molecule has 4 rings (SSSR count). The molecule has 12 heteroatoms. The summed E-state index contributed by atoms with van der Waals surface area (Å²) >= 11 is 6.21. The van der Waals surface area contributed by atoms with Crippen molar-refractivity contribution in [3.8, 4) is 5.75 Å². The SMILES string of the molecule is CCn1ncc(NC(=O)c2ccn(COc3cc(C)c(Cl)c(C)c3)n2)c1C(=O)Nc1cnn(C)c1C. The summed E-state index contributed by atoms with van der Waals surface area (Å²) < 4.78 is 10.5.